The zero-order valence-electron chi connectivity index (χ0n) is 14.9. The lowest BCUT2D eigenvalue weighted by Gasteiger charge is -2.08. The first-order chi connectivity index (χ1) is 13.0. The van der Waals surface area contributed by atoms with E-state index in [9.17, 15) is 9.59 Å². The highest BCUT2D eigenvalue weighted by atomic mass is 32.1. The summed E-state index contributed by atoms with van der Waals surface area (Å²) in [5, 5.41) is 8.76. The molecule has 1 aliphatic carbocycles. The van der Waals surface area contributed by atoms with Crippen molar-refractivity contribution in [2.24, 2.45) is 0 Å². The van der Waals surface area contributed by atoms with Gasteiger partial charge in [-0.1, -0.05) is 17.7 Å². The van der Waals surface area contributed by atoms with Gasteiger partial charge in [-0.25, -0.2) is 9.97 Å². The molecular weight excluding hydrogens is 380 g/mol. The largest absolute Gasteiger partial charge is 0.301 e. The topological polar surface area (TPSA) is 84.0 Å². The molecule has 2 heterocycles. The number of anilines is 2. The summed E-state index contributed by atoms with van der Waals surface area (Å²) in [6, 6.07) is 7.38. The maximum Gasteiger partial charge on any atom is 0.257 e. The van der Waals surface area contributed by atoms with Gasteiger partial charge in [0.2, 0.25) is 5.91 Å². The van der Waals surface area contributed by atoms with Crippen LogP contribution in [0.1, 0.15) is 44.5 Å². The van der Waals surface area contributed by atoms with Crippen molar-refractivity contribution in [3.05, 3.63) is 57.0 Å². The van der Waals surface area contributed by atoms with E-state index in [1.807, 2.05) is 31.4 Å². The molecule has 1 unspecified atom stereocenters. The Morgan fingerprint density at radius 2 is 1.85 bits per heavy atom. The van der Waals surface area contributed by atoms with E-state index in [0.29, 0.717) is 15.8 Å². The first-order valence-electron chi connectivity index (χ1n) is 8.60. The first kappa shape index (κ1) is 17.8. The van der Waals surface area contributed by atoms with Crippen molar-refractivity contribution in [1.29, 1.82) is 0 Å². The van der Waals surface area contributed by atoms with Crippen molar-refractivity contribution in [2.45, 2.75) is 32.6 Å². The fourth-order valence-corrected chi connectivity index (χ4v) is 4.74. The number of nitrogens with one attached hydrogen (secondary N) is 2. The summed E-state index contributed by atoms with van der Waals surface area (Å²) in [5.41, 5.74) is 3.34. The quantitative estimate of drug-likeness (QED) is 0.692. The Hall–Kier alpha value is -2.58. The van der Waals surface area contributed by atoms with Crippen LogP contribution >= 0.6 is 22.7 Å². The molecule has 8 heteroatoms. The number of hydrogen-bond donors (Lipinski definition) is 2. The standard InChI is InChI=1S/C19H18N4O2S2/c1-10-3-5-12(6-4-10)16(24)22-19-21-15-13(7-8-14(15)27-19)17(25)23-18-20-11(2)9-26-18/h3-6,9,13H,7-8H2,1-2H3,(H,20,23,25)(H,21,22,24). The molecular formula is C19H18N4O2S2. The third-order valence-corrected chi connectivity index (χ3v) is 6.34. The van der Waals surface area contributed by atoms with Crippen molar-refractivity contribution >= 4 is 44.8 Å². The minimum absolute atomic E-state index is 0.0928. The second-order valence-corrected chi connectivity index (χ2v) is 8.46. The van der Waals surface area contributed by atoms with E-state index in [-0.39, 0.29) is 17.7 Å². The van der Waals surface area contributed by atoms with Crippen LogP contribution in [0.3, 0.4) is 0 Å². The molecule has 2 N–H and O–H groups in total. The number of thiazole rings is 2. The minimum Gasteiger partial charge on any atom is -0.301 e. The van der Waals surface area contributed by atoms with Crippen LogP contribution in [0.5, 0.6) is 0 Å². The van der Waals surface area contributed by atoms with Crippen LogP contribution in [0.25, 0.3) is 0 Å². The Balaban J connectivity index is 1.46. The number of hydrogen-bond acceptors (Lipinski definition) is 6. The molecule has 0 radical (unpaired) electrons. The normalized spacial score (nSPS) is 15.4. The van der Waals surface area contributed by atoms with Gasteiger partial charge < -0.3 is 5.32 Å². The number of carbonyl (C=O) groups is 2. The minimum atomic E-state index is -0.300. The summed E-state index contributed by atoms with van der Waals surface area (Å²) in [4.78, 5) is 34.9. The van der Waals surface area contributed by atoms with Gasteiger partial charge in [-0.3, -0.25) is 14.9 Å². The van der Waals surface area contributed by atoms with Gasteiger partial charge in [-0.2, -0.15) is 0 Å². The van der Waals surface area contributed by atoms with Crippen LogP contribution < -0.4 is 10.6 Å². The predicted molar refractivity (Wildman–Crippen MR) is 108 cm³/mol. The van der Waals surface area contributed by atoms with Crippen LogP contribution in [0.2, 0.25) is 0 Å². The zero-order valence-corrected chi connectivity index (χ0v) is 16.5. The third kappa shape index (κ3) is 3.77. The number of amides is 2. The number of nitrogens with zero attached hydrogens (tertiary/aromatic N) is 2. The van der Waals surface area contributed by atoms with Gasteiger partial charge in [0.05, 0.1) is 17.3 Å². The van der Waals surface area contributed by atoms with E-state index in [2.05, 4.69) is 20.6 Å². The van der Waals surface area contributed by atoms with Crippen molar-refractivity contribution in [3.63, 3.8) is 0 Å². The van der Waals surface area contributed by atoms with E-state index >= 15 is 0 Å². The molecule has 6 nitrogen and oxygen atoms in total. The van der Waals surface area contributed by atoms with Crippen LogP contribution in [0, 0.1) is 13.8 Å². The molecule has 0 spiro atoms. The first-order valence-corrected chi connectivity index (χ1v) is 10.3. The van der Waals surface area contributed by atoms with Crippen molar-refractivity contribution in [3.8, 4) is 0 Å². The lowest BCUT2D eigenvalue weighted by Crippen LogP contribution is -2.20. The van der Waals surface area contributed by atoms with Crippen molar-refractivity contribution in [2.75, 3.05) is 10.6 Å². The molecule has 2 amide bonds. The third-order valence-electron chi connectivity index (χ3n) is 4.42. The number of fused-ring (bicyclic) bond motifs is 1. The molecule has 138 valence electrons. The van der Waals surface area contributed by atoms with E-state index in [4.69, 9.17) is 0 Å². The van der Waals surface area contributed by atoms with Gasteiger partial charge in [0.1, 0.15) is 0 Å². The molecule has 0 saturated carbocycles. The molecule has 0 bridgehead atoms. The molecule has 1 aliphatic rings. The average molecular weight is 399 g/mol. The van der Waals surface area contributed by atoms with E-state index in [0.717, 1.165) is 34.7 Å². The maximum atomic E-state index is 12.6. The van der Waals surface area contributed by atoms with Crippen LogP contribution in [0.4, 0.5) is 10.3 Å². The summed E-state index contributed by atoms with van der Waals surface area (Å²) in [6.45, 7) is 3.87. The van der Waals surface area contributed by atoms with Crippen molar-refractivity contribution in [1.82, 2.24) is 9.97 Å². The summed E-state index contributed by atoms with van der Waals surface area (Å²) in [7, 11) is 0. The number of benzene rings is 1. The van der Waals surface area contributed by atoms with E-state index < -0.39 is 0 Å². The molecule has 2 aromatic heterocycles. The molecule has 1 aromatic carbocycles. The fraction of sp³-hybridized carbons (Fsp3) is 0.263. The predicted octanol–water partition coefficient (Wildman–Crippen LogP) is 4.14. The second-order valence-electron chi connectivity index (χ2n) is 6.52. The maximum absolute atomic E-state index is 12.6. The second kappa shape index (κ2) is 7.21. The Kier molecular flexibility index (Phi) is 4.75. The molecule has 0 fully saturated rings. The average Bonchev–Trinajstić information content (AvgIpc) is 3.31. The van der Waals surface area contributed by atoms with Crippen LogP contribution in [0.15, 0.2) is 29.6 Å². The summed E-state index contributed by atoms with van der Waals surface area (Å²) < 4.78 is 0. The highest BCUT2D eigenvalue weighted by Gasteiger charge is 2.33. The van der Waals surface area contributed by atoms with Crippen LogP contribution in [-0.4, -0.2) is 21.8 Å². The molecule has 4 rings (SSSR count). The highest BCUT2D eigenvalue weighted by molar-refractivity contribution is 7.16. The lowest BCUT2D eigenvalue weighted by molar-refractivity contribution is -0.117. The van der Waals surface area contributed by atoms with Crippen molar-refractivity contribution < 1.29 is 9.59 Å². The van der Waals surface area contributed by atoms with Gasteiger partial charge in [0, 0.05) is 15.8 Å². The Labute approximate surface area is 164 Å². The van der Waals surface area contributed by atoms with Gasteiger partial charge in [-0.05, 0) is 38.8 Å². The summed E-state index contributed by atoms with van der Waals surface area (Å²) in [5.74, 6) is -0.586. The highest BCUT2D eigenvalue weighted by Crippen LogP contribution is 2.39. The molecule has 0 saturated heterocycles. The number of aromatic nitrogens is 2. The molecule has 1 atom stereocenters. The van der Waals surface area contributed by atoms with Gasteiger partial charge in [0.15, 0.2) is 10.3 Å². The zero-order chi connectivity index (χ0) is 19.0. The monoisotopic (exact) mass is 398 g/mol. The Morgan fingerprint density at radius 1 is 1.07 bits per heavy atom. The molecule has 3 aromatic rings. The fourth-order valence-electron chi connectivity index (χ4n) is 3.01. The van der Waals surface area contributed by atoms with Gasteiger partial charge in [-0.15, -0.1) is 22.7 Å². The summed E-state index contributed by atoms with van der Waals surface area (Å²) >= 11 is 2.86. The lowest BCUT2D eigenvalue weighted by atomic mass is 10.1. The Morgan fingerprint density at radius 3 is 2.56 bits per heavy atom. The number of rotatable bonds is 4. The number of carbonyl (C=O) groups excluding carboxylic acids is 2. The van der Waals surface area contributed by atoms with Gasteiger partial charge in [0.25, 0.3) is 5.91 Å². The summed E-state index contributed by atoms with van der Waals surface area (Å²) in [6.07, 6.45) is 1.53. The van der Waals surface area contributed by atoms with Gasteiger partial charge >= 0.3 is 0 Å². The van der Waals surface area contributed by atoms with E-state index in [1.165, 1.54) is 22.7 Å². The SMILES string of the molecule is Cc1ccc(C(=O)Nc2nc3c(s2)CCC3C(=O)Nc2nc(C)cs2)cc1. The smallest absolute Gasteiger partial charge is 0.257 e. The Bertz CT molecular complexity index is 1010. The molecule has 27 heavy (non-hydrogen) atoms. The van der Waals surface area contributed by atoms with Crippen LogP contribution in [-0.2, 0) is 11.2 Å². The molecule has 0 aliphatic heterocycles. The number of aryl methyl sites for hydroxylation is 3. The van der Waals surface area contributed by atoms with E-state index in [1.54, 1.807) is 12.1 Å².